The summed E-state index contributed by atoms with van der Waals surface area (Å²) >= 11 is 0. The molecule has 0 bridgehead atoms. The number of nitrogens with zero attached hydrogens (tertiary/aromatic N) is 3. The predicted octanol–water partition coefficient (Wildman–Crippen LogP) is 4.62. The molecule has 180 valence electrons. The quantitative estimate of drug-likeness (QED) is 0.496. The smallest absolute Gasteiger partial charge is 0.407 e. The third-order valence-corrected chi connectivity index (χ3v) is 6.14. The molecule has 34 heavy (non-hydrogen) atoms. The van der Waals surface area contributed by atoms with Gasteiger partial charge in [-0.3, -0.25) is 0 Å². The molecule has 0 radical (unpaired) electrons. The molecule has 1 atom stereocenters. The molecule has 1 unspecified atom stereocenters. The van der Waals surface area contributed by atoms with E-state index in [9.17, 15) is 4.79 Å². The third kappa shape index (κ3) is 4.98. The maximum Gasteiger partial charge on any atom is 0.407 e. The molecule has 3 N–H and O–H groups in total. The van der Waals surface area contributed by atoms with Crippen LogP contribution in [0.5, 0.6) is 0 Å². The average Bonchev–Trinajstić information content (AvgIpc) is 3.23. The molecule has 3 aromatic rings. The van der Waals surface area contributed by atoms with Gasteiger partial charge in [0.15, 0.2) is 0 Å². The van der Waals surface area contributed by atoms with Crippen LogP contribution in [0.1, 0.15) is 57.4 Å². The topological polar surface area (TPSA) is 104 Å². The first-order valence-corrected chi connectivity index (χ1v) is 11.7. The number of aromatic nitrogens is 3. The lowest BCUT2D eigenvalue weighted by atomic mass is 9.87. The number of nitrogens with two attached hydrogens (primary N) is 1. The molecule has 0 saturated heterocycles. The van der Waals surface area contributed by atoms with Crippen molar-refractivity contribution in [1.29, 1.82) is 0 Å². The minimum Gasteiger partial charge on any atom is -0.441 e. The van der Waals surface area contributed by atoms with Crippen LogP contribution < -0.4 is 11.1 Å². The Morgan fingerprint density at radius 3 is 2.62 bits per heavy atom. The van der Waals surface area contributed by atoms with Crippen molar-refractivity contribution in [2.75, 3.05) is 13.3 Å². The van der Waals surface area contributed by atoms with Gasteiger partial charge in [-0.05, 0) is 39.7 Å². The molecule has 8 nitrogen and oxygen atoms in total. The number of hydrogen-bond donors (Lipinski definition) is 2. The number of ether oxygens (including phenoxy) is 2. The van der Waals surface area contributed by atoms with E-state index in [1.54, 1.807) is 0 Å². The van der Waals surface area contributed by atoms with Crippen LogP contribution in [0.3, 0.4) is 0 Å². The molecule has 2 aromatic carbocycles. The zero-order valence-corrected chi connectivity index (χ0v) is 20.2. The zero-order chi connectivity index (χ0) is 24.3. The fourth-order valence-corrected chi connectivity index (χ4v) is 4.36. The fraction of sp³-hybridized carbons (Fsp3) is 0.423. The van der Waals surface area contributed by atoms with Crippen molar-refractivity contribution >= 4 is 6.09 Å². The number of alkyl carbamates (subject to hydrolysis) is 1. The summed E-state index contributed by atoms with van der Waals surface area (Å²) in [6.45, 7) is 8.61. The van der Waals surface area contributed by atoms with Gasteiger partial charge in [-0.15, -0.1) is 5.10 Å². The molecule has 1 amide bonds. The van der Waals surface area contributed by atoms with Gasteiger partial charge in [-0.25, -0.2) is 9.48 Å². The van der Waals surface area contributed by atoms with E-state index in [2.05, 4.69) is 41.6 Å². The highest BCUT2D eigenvalue weighted by atomic mass is 16.6. The molecule has 1 aliphatic rings. The molecule has 1 aromatic heterocycles. The van der Waals surface area contributed by atoms with Gasteiger partial charge in [0.05, 0.1) is 18.0 Å². The van der Waals surface area contributed by atoms with Gasteiger partial charge in [0, 0.05) is 35.7 Å². The number of carbonyl (C=O) groups is 1. The van der Waals surface area contributed by atoms with Crippen molar-refractivity contribution in [1.82, 2.24) is 20.3 Å². The van der Waals surface area contributed by atoms with E-state index in [4.69, 9.17) is 15.2 Å². The van der Waals surface area contributed by atoms with Crippen LogP contribution in [0.15, 0.2) is 48.5 Å². The highest BCUT2D eigenvalue weighted by Crippen LogP contribution is 2.42. The number of rotatable bonds is 7. The highest BCUT2D eigenvalue weighted by Gasteiger charge is 2.30. The van der Waals surface area contributed by atoms with Crippen molar-refractivity contribution < 1.29 is 14.3 Å². The van der Waals surface area contributed by atoms with E-state index in [0.29, 0.717) is 19.4 Å². The molecule has 8 heteroatoms. The van der Waals surface area contributed by atoms with E-state index >= 15 is 0 Å². The summed E-state index contributed by atoms with van der Waals surface area (Å²) in [5.74, 6) is 0. The monoisotopic (exact) mass is 463 g/mol. The molecular formula is C26H33N5O3. The Labute approximate surface area is 200 Å². The van der Waals surface area contributed by atoms with Gasteiger partial charge in [-0.2, -0.15) is 0 Å². The average molecular weight is 464 g/mol. The number of carbonyl (C=O) groups excluding carboxylic acids is 1. The molecule has 0 fully saturated rings. The van der Waals surface area contributed by atoms with E-state index in [0.717, 1.165) is 33.6 Å². The molecule has 4 rings (SSSR count). The van der Waals surface area contributed by atoms with Crippen molar-refractivity contribution in [3.8, 4) is 22.5 Å². The van der Waals surface area contributed by atoms with Crippen LogP contribution in [0.2, 0.25) is 0 Å². The van der Waals surface area contributed by atoms with Gasteiger partial charge in [-0.1, -0.05) is 53.7 Å². The van der Waals surface area contributed by atoms with E-state index in [-0.39, 0.29) is 12.8 Å². The van der Waals surface area contributed by atoms with Crippen LogP contribution in [-0.4, -0.2) is 40.0 Å². The van der Waals surface area contributed by atoms with Crippen LogP contribution in [0.4, 0.5) is 4.79 Å². The summed E-state index contributed by atoms with van der Waals surface area (Å²) in [4.78, 5) is 12.8. The first-order valence-electron chi connectivity index (χ1n) is 11.7. The highest BCUT2D eigenvalue weighted by molar-refractivity contribution is 5.83. The molecular weight excluding hydrogens is 430 g/mol. The number of nitrogens with one attached hydrogen (secondary N) is 1. The van der Waals surface area contributed by atoms with Crippen LogP contribution in [-0.2, 0) is 15.9 Å². The van der Waals surface area contributed by atoms with E-state index in [1.807, 2.05) is 54.9 Å². The molecule has 1 heterocycles. The SMILES string of the molecule is CC(C)n1nnc2c1-c1ccccc1C(OC(=O)NCCC(C)(C)OCN)Cc1ccccc1-2. The Kier molecular flexibility index (Phi) is 7.00. The second-order valence-electron chi connectivity index (χ2n) is 9.41. The van der Waals surface area contributed by atoms with Gasteiger partial charge in [0.2, 0.25) is 0 Å². The first-order chi connectivity index (χ1) is 16.3. The largest absolute Gasteiger partial charge is 0.441 e. The lowest BCUT2D eigenvalue weighted by molar-refractivity contribution is -0.0195. The minimum atomic E-state index is -0.464. The maximum absolute atomic E-state index is 12.8. The van der Waals surface area contributed by atoms with Crippen molar-refractivity contribution in [2.24, 2.45) is 5.73 Å². The maximum atomic E-state index is 12.8. The predicted molar refractivity (Wildman–Crippen MR) is 131 cm³/mol. The molecule has 0 aliphatic heterocycles. The molecule has 0 spiro atoms. The number of benzene rings is 2. The zero-order valence-electron chi connectivity index (χ0n) is 20.2. The Morgan fingerprint density at radius 2 is 1.88 bits per heavy atom. The fourth-order valence-electron chi connectivity index (χ4n) is 4.36. The van der Waals surface area contributed by atoms with Crippen molar-refractivity contribution in [3.05, 3.63) is 59.7 Å². The summed E-state index contributed by atoms with van der Waals surface area (Å²) in [5, 5.41) is 11.9. The minimum absolute atomic E-state index is 0.123. The second kappa shape index (κ2) is 9.95. The summed E-state index contributed by atoms with van der Waals surface area (Å²) < 4.78 is 13.5. The standard InChI is InChI=1S/C26H33N5O3/c1-17(2)31-24-21-12-8-7-11-20(21)22(34-25(32)28-14-13-26(3,4)33-16-27)15-18-9-5-6-10-19(18)23(24)29-30-31/h5-12,17,22H,13-16,27H2,1-4H3,(H,28,32). The van der Waals surface area contributed by atoms with Gasteiger partial charge in [0.1, 0.15) is 11.8 Å². The number of amides is 1. The van der Waals surface area contributed by atoms with Gasteiger partial charge >= 0.3 is 6.09 Å². The summed E-state index contributed by atoms with van der Waals surface area (Å²) in [5.41, 5.74) is 10.8. The van der Waals surface area contributed by atoms with E-state index in [1.165, 1.54) is 0 Å². The Bertz CT molecular complexity index is 1150. The molecule has 1 aliphatic carbocycles. The first kappa shape index (κ1) is 23.9. The lowest BCUT2D eigenvalue weighted by Gasteiger charge is -2.26. The van der Waals surface area contributed by atoms with Crippen LogP contribution >= 0.6 is 0 Å². The lowest BCUT2D eigenvalue weighted by Crippen LogP contribution is -2.35. The number of hydrogen-bond acceptors (Lipinski definition) is 6. The van der Waals surface area contributed by atoms with Gasteiger partial charge in [0.25, 0.3) is 0 Å². The Balaban J connectivity index is 1.67. The number of fused-ring (bicyclic) bond motifs is 5. The normalized spacial score (nSPS) is 15.1. The summed E-state index contributed by atoms with van der Waals surface area (Å²) in [7, 11) is 0. The van der Waals surface area contributed by atoms with Gasteiger partial charge < -0.3 is 20.5 Å². The summed E-state index contributed by atoms with van der Waals surface area (Å²) in [6, 6.07) is 16.2. The Morgan fingerprint density at radius 1 is 1.18 bits per heavy atom. The van der Waals surface area contributed by atoms with E-state index < -0.39 is 17.8 Å². The second-order valence-corrected chi connectivity index (χ2v) is 9.41. The van der Waals surface area contributed by atoms with Crippen LogP contribution in [0.25, 0.3) is 22.5 Å². The third-order valence-electron chi connectivity index (χ3n) is 6.14. The Hall–Kier alpha value is -3.23. The summed E-state index contributed by atoms with van der Waals surface area (Å²) in [6.07, 6.45) is 0.231. The molecule has 0 saturated carbocycles. The van der Waals surface area contributed by atoms with Crippen molar-refractivity contribution in [3.63, 3.8) is 0 Å². The van der Waals surface area contributed by atoms with Crippen LogP contribution in [0, 0.1) is 0 Å². The van der Waals surface area contributed by atoms with Crippen molar-refractivity contribution in [2.45, 2.75) is 58.3 Å².